The SMILES string of the molecule is CCNC(=NCC(O)COc1cccc(C)c1)N1CCCC(C)C1.I. The number of likely N-dealkylation sites (tertiary alicyclic amines) is 1. The average Bonchev–Trinajstić information content (AvgIpc) is 2.57. The largest absolute Gasteiger partial charge is 0.491 e. The van der Waals surface area contributed by atoms with Gasteiger partial charge in [0.2, 0.25) is 0 Å². The number of aliphatic hydroxyl groups is 1. The third-order valence-corrected chi connectivity index (χ3v) is 4.18. The smallest absolute Gasteiger partial charge is 0.194 e. The molecule has 1 heterocycles. The number of ether oxygens (including phenoxy) is 1. The highest BCUT2D eigenvalue weighted by molar-refractivity contribution is 14.0. The number of nitrogens with one attached hydrogen (secondary N) is 1. The van der Waals surface area contributed by atoms with Crippen molar-refractivity contribution in [2.24, 2.45) is 10.9 Å². The number of aryl methyl sites for hydroxylation is 1. The lowest BCUT2D eigenvalue weighted by atomic mass is 10.0. The summed E-state index contributed by atoms with van der Waals surface area (Å²) < 4.78 is 5.65. The number of aliphatic hydroxyl groups excluding tert-OH is 1. The van der Waals surface area contributed by atoms with E-state index in [-0.39, 0.29) is 30.6 Å². The molecule has 0 amide bonds. The number of benzene rings is 1. The summed E-state index contributed by atoms with van der Waals surface area (Å²) >= 11 is 0. The lowest BCUT2D eigenvalue weighted by Crippen LogP contribution is -2.46. The molecular formula is C19H32IN3O2. The van der Waals surface area contributed by atoms with Crippen molar-refractivity contribution < 1.29 is 9.84 Å². The summed E-state index contributed by atoms with van der Waals surface area (Å²) in [6.07, 6.45) is 1.87. The Hall–Kier alpha value is -1.02. The summed E-state index contributed by atoms with van der Waals surface area (Å²) in [7, 11) is 0. The Bertz CT molecular complexity index is 539. The molecule has 142 valence electrons. The van der Waals surface area contributed by atoms with E-state index >= 15 is 0 Å². The van der Waals surface area contributed by atoms with E-state index in [1.54, 1.807) is 0 Å². The van der Waals surface area contributed by atoms with E-state index in [0.717, 1.165) is 36.9 Å². The summed E-state index contributed by atoms with van der Waals surface area (Å²) in [6, 6.07) is 7.85. The van der Waals surface area contributed by atoms with Crippen LogP contribution in [-0.4, -0.2) is 54.9 Å². The van der Waals surface area contributed by atoms with Crippen molar-refractivity contribution >= 4 is 29.9 Å². The van der Waals surface area contributed by atoms with E-state index in [4.69, 9.17) is 4.74 Å². The van der Waals surface area contributed by atoms with E-state index < -0.39 is 6.10 Å². The average molecular weight is 461 g/mol. The molecule has 1 aliphatic rings. The fourth-order valence-corrected chi connectivity index (χ4v) is 2.95. The lowest BCUT2D eigenvalue weighted by molar-refractivity contribution is 0.114. The second-order valence-corrected chi connectivity index (χ2v) is 6.67. The van der Waals surface area contributed by atoms with Crippen LogP contribution < -0.4 is 10.1 Å². The number of halogens is 1. The zero-order valence-corrected chi connectivity index (χ0v) is 17.9. The molecule has 1 aliphatic heterocycles. The minimum Gasteiger partial charge on any atom is -0.491 e. The Labute approximate surface area is 168 Å². The van der Waals surface area contributed by atoms with Crippen molar-refractivity contribution in [3.63, 3.8) is 0 Å². The quantitative estimate of drug-likeness (QED) is 0.389. The van der Waals surface area contributed by atoms with E-state index in [1.165, 1.54) is 12.8 Å². The molecule has 0 saturated carbocycles. The van der Waals surface area contributed by atoms with E-state index in [2.05, 4.69) is 29.1 Å². The van der Waals surface area contributed by atoms with Gasteiger partial charge in [0.25, 0.3) is 0 Å². The topological polar surface area (TPSA) is 57.1 Å². The molecule has 2 rings (SSSR count). The number of hydrogen-bond acceptors (Lipinski definition) is 3. The van der Waals surface area contributed by atoms with Crippen molar-refractivity contribution in [3.05, 3.63) is 29.8 Å². The zero-order chi connectivity index (χ0) is 17.4. The van der Waals surface area contributed by atoms with Crippen LogP contribution in [0, 0.1) is 12.8 Å². The minimum atomic E-state index is -0.610. The highest BCUT2D eigenvalue weighted by Crippen LogP contribution is 2.15. The van der Waals surface area contributed by atoms with Gasteiger partial charge in [-0.25, -0.2) is 0 Å². The Balaban J connectivity index is 0.00000312. The number of piperidine rings is 1. The molecular weight excluding hydrogens is 429 g/mol. The van der Waals surface area contributed by atoms with Crippen molar-refractivity contribution in [2.45, 2.75) is 39.7 Å². The van der Waals surface area contributed by atoms with Gasteiger partial charge in [-0.2, -0.15) is 0 Å². The molecule has 2 atom stereocenters. The molecule has 1 aromatic carbocycles. The van der Waals surface area contributed by atoms with Gasteiger partial charge in [-0.1, -0.05) is 19.1 Å². The third kappa shape index (κ3) is 7.81. The molecule has 0 spiro atoms. The Kier molecular flexibility index (Phi) is 10.2. The van der Waals surface area contributed by atoms with Gasteiger partial charge in [0.05, 0.1) is 6.54 Å². The first-order valence-corrected chi connectivity index (χ1v) is 8.99. The molecule has 6 heteroatoms. The number of hydrogen-bond donors (Lipinski definition) is 2. The van der Waals surface area contributed by atoms with E-state index in [1.807, 2.05) is 31.2 Å². The second-order valence-electron chi connectivity index (χ2n) is 6.67. The molecule has 0 aromatic heterocycles. The van der Waals surface area contributed by atoms with E-state index in [0.29, 0.717) is 12.5 Å². The fourth-order valence-electron chi connectivity index (χ4n) is 2.95. The molecule has 1 fully saturated rings. The van der Waals surface area contributed by atoms with Crippen molar-refractivity contribution in [2.75, 3.05) is 32.8 Å². The van der Waals surface area contributed by atoms with Gasteiger partial charge in [0.1, 0.15) is 18.5 Å². The van der Waals surface area contributed by atoms with Gasteiger partial charge < -0.3 is 20.1 Å². The van der Waals surface area contributed by atoms with Crippen LogP contribution in [0.5, 0.6) is 5.75 Å². The lowest BCUT2D eigenvalue weighted by Gasteiger charge is -2.33. The highest BCUT2D eigenvalue weighted by atomic mass is 127. The van der Waals surface area contributed by atoms with Crippen LogP contribution in [-0.2, 0) is 0 Å². The first-order valence-electron chi connectivity index (χ1n) is 8.99. The molecule has 1 aromatic rings. The van der Waals surface area contributed by atoms with Crippen LogP contribution in [0.25, 0.3) is 0 Å². The maximum Gasteiger partial charge on any atom is 0.194 e. The molecule has 0 aliphatic carbocycles. The first-order chi connectivity index (χ1) is 11.6. The van der Waals surface area contributed by atoms with Gasteiger partial charge in [0, 0.05) is 19.6 Å². The monoisotopic (exact) mass is 461 g/mol. The number of nitrogens with zero attached hydrogens (tertiary/aromatic N) is 2. The summed E-state index contributed by atoms with van der Waals surface area (Å²) in [5.74, 6) is 2.38. The summed E-state index contributed by atoms with van der Waals surface area (Å²) in [5.41, 5.74) is 1.15. The minimum absolute atomic E-state index is 0. The second kappa shape index (κ2) is 11.6. The van der Waals surface area contributed by atoms with Crippen LogP contribution in [0.4, 0.5) is 0 Å². The van der Waals surface area contributed by atoms with Crippen LogP contribution in [0.2, 0.25) is 0 Å². The van der Waals surface area contributed by atoms with Gasteiger partial charge in [-0.05, 0) is 50.3 Å². The molecule has 1 saturated heterocycles. The summed E-state index contributed by atoms with van der Waals surface area (Å²) in [6.45, 7) is 9.87. The third-order valence-electron chi connectivity index (χ3n) is 4.18. The molecule has 0 bridgehead atoms. The van der Waals surface area contributed by atoms with Crippen molar-refractivity contribution in [1.29, 1.82) is 0 Å². The Morgan fingerprint density at radius 3 is 2.96 bits per heavy atom. The van der Waals surface area contributed by atoms with Gasteiger partial charge in [-0.15, -0.1) is 24.0 Å². The van der Waals surface area contributed by atoms with Gasteiger partial charge >= 0.3 is 0 Å². The molecule has 25 heavy (non-hydrogen) atoms. The fraction of sp³-hybridized carbons (Fsp3) is 0.632. The Morgan fingerprint density at radius 1 is 1.48 bits per heavy atom. The number of rotatable bonds is 6. The maximum atomic E-state index is 10.2. The zero-order valence-electron chi connectivity index (χ0n) is 15.6. The van der Waals surface area contributed by atoms with Crippen molar-refractivity contribution in [3.8, 4) is 5.75 Å². The predicted molar refractivity (Wildman–Crippen MR) is 114 cm³/mol. The number of guanidine groups is 1. The molecule has 5 nitrogen and oxygen atoms in total. The summed E-state index contributed by atoms with van der Waals surface area (Å²) in [4.78, 5) is 6.90. The Morgan fingerprint density at radius 2 is 2.28 bits per heavy atom. The van der Waals surface area contributed by atoms with Gasteiger partial charge in [-0.3, -0.25) is 4.99 Å². The van der Waals surface area contributed by atoms with Gasteiger partial charge in [0.15, 0.2) is 5.96 Å². The maximum absolute atomic E-state index is 10.2. The van der Waals surface area contributed by atoms with Crippen LogP contribution in [0.15, 0.2) is 29.3 Å². The normalized spacial score (nSPS) is 19.1. The van der Waals surface area contributed by atoms with Crippen LogP contribution in [0.1, 0.15) is 32.3 Å². The summed E-state index contributed by atoms with van der Waals surface area (Å²) in [5, 5.41) is 13.5. The molecule has 2 N–H and O–H groups in total. The van der Waals surface area contributed by atoms with Crippen LogP contribution >= 0.6 is 24.0 Å². The molecule has 2 unspecified atom stereocenters. The van der Waals surface area contributed by atoms with Crippen LogP contribution in [0.3, 0.4) is 0 Å². The van der Waals surface area contributed by atoms with Crippen molar-refractivity contribution in [1.82, 2.24) is 10.2 Å². The standard InChI is InChI=1S/C19H31N3O2.HI/c1-4-20-19(22-10-6-8-16(3)13-22)21-12-17(23)14-24-18-9-5-7-15(2)11-18;/h5,7,9,11,16-17,23H,4,6,8,10,12-14H2,1-3H3,(H,20,21);1H. The number of aliphatic imine (C=N–C) groups is 1. The highest BCUT2D eigenvalue weighted by Gasteiger charge is 2.19. The predicted octanol–water partition coefficient (Wildman–Crippen LogP) is 3.05. The first kappa shape index (κ1) is 22.0. The molecule has 0 radical (unpaired) electrons. The van der Waals surface area contributed by atoms with E-state index in [9.17, 15) is 5.11 Å².